The van der Waals surface area contributed by atoms with Crippen LogP contribution < -0.4 is 20.1 Å². The molecule has 1 unspecified atom stereocenters. The molecule has 0 aliphatic heterocycles. The molecule has 0 fully saturated rings. The fourth-order valence-corrected chi connectivity index (χ4v) is 3.39. The van der Waals surface area contributed by atoms with Crippen LogP contribution in [0.2, 0.25) is 0 Å². The largest absolute Gasteiger partial charge is 0.493 e. The van der Waals surface area contributed by atoms with Crippen LogP contribution in [0.4, 0.5) is 5.13 Å². The van der Waals surface area contributed by atoms with E-state index in [0.717, 1.165) is 0 Å². The number of nitrogens with one attached hydrogen (secondary N) is 2. The summed E-state index contributed by atoms with van der Waals surface area (Å²) >= 11 is 1.25. The van der Waals surface area contributed by atoms with Crippen molar-refractivity contribution in [3.63, 3.8) is 0 Å². The van der Waals surface area contributed by atoms with Gasteiger partial charge >= 0.3 is 5.97 Å². The summed E-state index contributed by atoms with van der Waals surface area (Å²) in [5, 5.41) is 7.70. The highest BCUT2D eigenvalue weighted by Crippen LogP contribution is 2.31. The minimum absolute atomic E-state index is 0.000981. The third-order valence-electron chi connectivity index (χ3n) is 4.39. The van der Waals surface area contributed by atoms with Crippen molar-refractivity contribution in [2.24, 2.45) is 5.92 Å². The summed E-state index contributed by atoms with van der Waals surface area (Å²) in [6.45, 7) is 3.57. The first-order chi connectivity index (χ1) is 14.8. The van der Waals surface area contributed by atoms with E-state index in [0.29, 0.717) is 27.9 Å². The Labute approximate surface area is 185 Å². The van der Waals surface area contributed by atoms with Crippen molar-refractivity contribution in [2.45, 2.75) is 32.7 Å². The standard InChI is InChI=1S/C21H27N3O6S/c1-12(2)20(27)24-21-22-14(11-31-21)9-18(25)23-15(10-19(26)30-5)13-6-7-16(28-3)17(8-13)29-4/h6-8,11-12,15H,9-10H2,1-5H3,(H,23,25)(H,22,24,27). The molecule has 9 nitrogen and oxygen atoms in total. The second-order valence-electron chi connectivity index (χ2n) is 6.98. The van der Waals surface area contributed by atoms with Gasteiger partial charge in [-0.25, -0.2) is 4.98 Å². The maximum Gasteiger partial charge on any atom is 0.307 e. The fraction of sp³-hybridized carbons (Fsp3) is 0.429. The van der Waals surface area contributed by atoms with E-state index >= 15 is 0 Å². The zero-order valence-electron chi connectivity index (χ0n) is 18.2. The Morgan fingerprint density at radius 3 is 2.42 bits per heavy atom. The lowest BCUT2D eigenvalue weighted by molar-refractivity contribution is -0.141. The highest BCUT2D eigenvalue weighted by molar-refractivity contribution is 7.13. The number of amides is 2. The average Bonchev–Trinajstić information content (AvgIpc) is 3.18. The zero-order chi connectivity index (χ0) is 23.0. The number of carbonyl (C=O) groups excluding carboxylic acids is 3. The smallest absolute Gasteiger partial charge is 0.307 e. The molecule has 31 heavy (non-hydrogen) atoms. The maximum absolute atomic E-state index is 12.6. The third kappa shape index (κ3) is 6.95. The van der Waals surface area contributed by atoms with Crippen molar-refractivity contribution in [2.75, 3.05) is 26.6 Å². The van der Waals surface area contributed by atoms with Crippen molar-refractivity contribution in [1.29, 1.82) is 0 Å². The molecule has 0 aliphatic carbocycles. The van der Waals surface area contributed by atoms with E-state index in [1.165, 1.54) is 32.7 Å². The Morgan fingerprint density at radius 2 is 1.81 bits per heavy atom. The third-order valence-corrected chi connectivity index (χ3v) is 5.20. The van der Waals surface area contributed by atoms with Crippen LogP contribution >= 0.6 is 11.3 Å². The van der Waals surface area contributed by atoms with E-state index < -0.39 is 12.0 Å². The van der Waals surface area contributed by atoms with Gasteiger partial charge in [0.15, 0.2) is 16.6 Å². The van der Waals surface area contributed by atoms with Crippen LogP contribution in [0.15, 0.2) is 23.6 Å². The second-order valence-corrected chi connectivity index (χ2v) is 7.84. The summed E-state index contributed by atoms with van der Waals surface area (Å²) in [5.41, 5.74) is 1.19. The van der Waals surface area contributed by atoms with Crippen molar-refractivity contribution in [3.05, 3.63) is 34.8 Å². The first-order valence-electron chi connectivity index (χ1n) is 9.60. The minimum atomic E-state index is -0.626. The first-order valence-corrected chi connectivity index (χ1v) is 10.5. The molecule has 2 N–H and O–H groups in total. The van der Waals surface area contributed by atoms with Gasteiger partial charge in [0.1, 0.15) is 0 Å². The van der Waals surface area contributed by atoms with Gasteiger partial charge in [-0.05, 0) is 17.7 Å². The van der Waals surface area contributed by atoms with Gasteiger partial charge in [-0.3, -0.25) is 14.4 Å². The molecule has 0 aliphatic rings. The molecule has 0 radical (unpaired) electrons. The summed E-state index contributed by atoms with van der Waals surface area (Å²) in [6.07, 6.45) is -0.0521. The number of hydrogen-bond donors (Lipinski definition) is 2. The van der Waals surface area contributed by atoms with Crippen molar-refractivity contribution < 1.29 is 28.6 Å². The summed E-state index contributed by atoms with van der Waals surface area (Å²) in [7, 11) is 4.32. The number of hydrogen-bond acceptors (Lipinski definition) is 8. The molecule has 2 aromatic rings. The fourth-order valence-electron chi connectivity index (χ4n) is 2.68. The number of anilines is 1. The second kappa shape index (κ2) is 11.3. The molecule has 0 saturated heterocycles. The van der Waals surface area contributed by atoms with Crippen LogP contribution in [0, 0.1) is 5.92 Å². The van der Waals surface area contributed by atoms with E-state index in [1.807, 2.05) is 0 Å². The SMILES string of the molecule is COC(=O)CC(NC(=O)Cc1csc(NC(=O)C(C)C)n1)c1ccc(OC)c(OC)c1. The number of methoxy groups -OCH3 is 3. The number of nitrogens with zero attached hydrogens (tertiary/aromatic N) is 1. The van der Waals surface area contributed by atoms with Gasteiger partial charge in [0.25, 0.3) is 0 Å². The Bertz CT molecular complexity index is 928. The number of esters is 1. The number of rotatable bonds is 10. The van der Waals surface area contributed by atoms with E-state index in [-0.39, 0.29) is 30.6 Å². The molecular weight excluding hydrogens is 422 g/mol. The quantitative estimate of drug-likeness (QED) is 0.536. The van der Waals surface area contributed by atoms with Crippen LogP contribution in [0.1, 0.15) is 37.6 Å². The summed E-state index contributed by atoms with van der Waals surface area (Å²) in [4.78, 5) is 40.6. The number of carbonyl (C=O) groups is 3. The lowest BCUT2D eigenvalue weighted by Gasteiger charge is -2.19. The monoisotopic (exact) mass is 449 g/mol. The van der Waals surface area contributed by atoms with Gasteiger partial charge in [0.2, 0.25) is 11.8 Å². The predicted octanol–water partition coefficient (Wildman–Crippen LogP) is 2.72. The van der Waals surface area contributed by atoms with E-state index in [1.54, 1.807) is 37.4 Å². The molecule has 0 bridgehead atoms. The molecular formula is C21H27N3O6S. The zero-order valence-corrected chi connectivity index (χ0v) is 19.0. The lowest BCUT2D eigenvalue weighted by atomic mass is 10.0. The van der Waals surface area contributed by atoms with Crippen LogP contribution in [-0.4, -0.2) is 44.1 Å². The highest BCUT2D eigenvalue weighted by atomic mass is 32.1. The molecule has 1 aromatic heterocycles. The van der Waals surface area contributed by atoms with E-state index in [9.17, 15) is 14.4 Å². The molecule has 0 saturated carbocycles. The molecule has 1 atom stereocenters. The molecule has 0 spiro atoms. The Balaban J connectivity index is 2.12. The summed E-state index contributed by atoms with van der Waals surface area (Å²) in [6, 6.07) is 4.53. The highest BCUT2D eigenvalue weighted by Gasteiger charge is 2.21. The van der Waals surface area contributed by atoms with Gasteiger partial charge in [0.05, 0.1) is 45.9 Å². The molecule has 1 heterocycles. The number of benzene rings is 1. The predicted molar refractivity (Wildman–Crippen MR) is 116 cm³/mol. The van der Waals surface area contributed by atoms with Crippen LogP contribution in [0.25, 0.3) is 0 Å². The molecule has 1 aromatic carbocycles. The van der Waals surface area contributed by atoms with Gasteiger partial charge < -0.3 is 24.8 Å². The normalized spacial score (nSPS) is 11.5. The summed E-state index contributed by atoms with van der Waals surface area (Å²) < 4.78 is 15.3. The van der Waals surface area contributed by atoms with Crippen molar-refractivity contribution in [3.8, 4) is 11.5 Å². The van der Waals surface area contributed by atoms with Gasteiger partial charge in [-0.2, -0.15) is 0 Å². The van der Waals surface area contributed by atoms with Crippen LogP contribution in [0.5, 0.6) is 11.5 Å². The van der Waals surface area contributed by atoms with Crippen LogP contribution in [0.3, 0.4) is 0 Å². The van der Waals surface area contributed by atoms with E-state index in [2.05, 4.69) is 15.6 Å². The van der Waals surface area contributed by atoms with Gasteiger partial charge in [-0.15, -0.1) is 11.3 Å². The Kier molecular flexibility index (Phi) is 8.80. The molecule has 168 valence electrons. The lowest BCUT2D eigenvalue weighted by Crippen LogP contribution is -2.31. The van der Waals surface area contributed by atoms with Gasteiger partial charge in [0, 0.05) is 11.3 Å². The van der Waals surface area contributed by atoms with Gasteiger partial charge in [-0.1, -0.05) is 19.9 Å². The van der Waals surface area contributed by atoms with Crippen molar-refractivity contribution in [1.82, 2.24) is 10.3 Å². The Hall–Kier alpha value is -3.14. The first kappa shape index (κ1) is 24.1. The average molecular weight is 450 g/mol. The van der Waals surface area contributed by atoms with E-state index in [4.69, 9.17) is 14.2 Å². The van der Waals surface area contributed by atoms with Crippen molar-refractivity contribution >= 4 is 34.3 Å². The maximum atomic E-state index is 12.6. The Morgan fingerprint density at radius 1 is 1.10 bits per heavy atom. The van der Waals surface area contributed by atoms with Crippen LogP contribution in [-0.2, 0) is 25.5 Å². The topological polar surface area (TPSA) is 116 Å². The molecule has 2 amide bonds. The number of thiazole rings is 1. The summed E-state index contributed by atoms with van der Waals surface area (Å²) in [5.74, 6) is -0.0849. The number of aromatic nitrogens is 1. The number of ether oxygens (including phenoxy) is 3. The minimum Gasteiger partial charge on any atom is -0.493 e. The molecule has 10 heteroatoms. The molecule has 2 rings (SSSR count).